The summed E-state index contributed by atoms with van der Waals surface area (Å²) in [6.07, 6.45) is 0. The van der Waals surface area contributed by atoms with Gasteiger partial charge in [-0.05, 0) is 46.7 Å². The van der Waals surface area contributed by atoms with Crippen molar-refractivity contribution in [2.24, 2.45) is 0 Å². The number of anilines is 1. The number of ether oxygens (including phenoxy) is 1. The molecule has 32 heavy (non-hydrogen) atoms. The SMILES string of the molecule is COCCN1C(=O)c2ccccc2[C@H](C(=O)Nc2ccc(C(C)C)cc2)[C@H]1c1cccs1. The number of nitrogens with one attached hydrogen (secondary N) is 1. The average Bonchev–Trinajstić information content (AvgIpc) is 3.33. The lowest BCUT2D eigenvalue weighted by atomic mass is 9.81. The standard InChI is InChI=1S/C26H28N2O3S/c1-17(2)18-10-12-19(13-11-18)27-25(29)23-20-7-4-5-8-21(20)26(30)28(14-15-31-3)24(23)22-9-6-16-32-22/h4-13,16-17,23-24H,14-15H2,1-3H3,(H,27,29)/t23-,24+/m0/s1. The number of amides is 2. The van der Waals surface area contributed by atoms with Crippen LogP contribution in [0.1, 0.15) is 58.1 Å². The topological polar surface area (TPSA) is 58.6 Å². The molecule has 5 nitrogen and oxygen atoms in total. The molecule has 0 fully saturated rings. The normalized spacial score (nSPS) is 18.0. The number of hydrogen-bond acceptors (Lipinski definition) is 4. The van der Waals surface area contributed by atoms with E-state index in [-0.39, 0.29) is 17.9 Å². The van der Waals surface area contributed by atoms with Gasteiger partial charge in [0.05, 0.1) is 18.6 Å². The molecule has 0 saturated heterocycles. The van der Waals surface area contributed by atoms with E-state index < -0.39 is 5.92 Å². The molecule has 0 saturated carbocycles. The fraction of sp³-hybridized carbons (Fsp3) is 0.308. The van der Waals surface area contributed by atoms with Gasteiger partial charge in [0.2, 0.25) is 5.91 Å². The molecule has 0 aliphatic carbocycles. The largest absolute Gasteiger partial charge is 0.383 e. The minimum Gasteiger partial charge on any atom is -0.383 e. The fourth-order valence-corrected chi connectivity index (χ4v) is 5.13. The number of fused-ring (bicyclic) bond motifs is 1. The van der Waals surface area contributed by atoms with Gasteiger partial charge in [-0.1, -0.05) is 50.2 Å². The molecule has 2 aromatic carbocycles. The van der Waals surface area contributed by atoms with E-state index in [0.717, 1.165) is 16.1 Å². The smallest absolute Gasteiger partial charge is 0.254 e. The molecule has 6 heteroatoms. The maximum absolute atomic E-state index is 13.7. The van der Waals surface area contributed by atoms with Crippen molar-refractivity contribution in [1.82, 2.24) is 4.90 Å². The summed E-state index contributed by atoms with van der Waals surface area (Å²) in [6, 6.07) is 19.0. The molecule has 0 radical (unpaired) electrons. The van der Waals surface area contributed by atoms with E-state index in [1.165, 1.54) is 5.56 Å². The highest BCUT2D eigenvalue weighted by atomic mass is 32.1. The molecule has 2 heterocycles. The van der Waals surface area contributed by atoms with Gasteiger partial charge in [-0.25, -0.2) is 0 Å². The summed E-state index contributed by atoms with van der Waals surface area (Å²) in [4.78, 5) is 29.9. The third-order valence-electron chi connectivity index (χ3n) is 5.94. The van der Waals surface area contributed by atoms with E-state index in [1.54, 1.807) is 29.4 Å². The number of rotatable bonds is 7. The van der Waals surface area contributed by atoms with Crippen LogP contribution in [-0.2, 0) is 9.53 Å². The van der Waals surface area contributed by atoms with Crippen LogP contribution in [0.3, 0.4) is 0 Å². The van der Waals surface area contributed by atoms with Gasteiger partial charge >= 0.3 is 0 Å². The van der Waals surface area contributed by atoms with Crippen molar-refractivity contribution in [3.05, 3.63) is 87.6 Å². The molecule has 166 valence electrons. The second-order valence-electron chi connectivity index (χ2n) is 8.28. The fourth-order valence-electron chi connectivity index (χ4n) is 4.26. The van der Waals surface area contributed by atoms with Gasteiger partial charge in [-0.2, -0.15) is 0 Å². The highest BCUT2D eigenvalue weighted by Gasteiger charge is 2.44. The Hall–Kier alpha value is -2.96. The molecule has 2 amide bonds. The third kappa shape index (κ3) is 4.33. The summed E-state index contributed by atoms with van der Waals surface area (Å²) in [5.74, 6) is -0.290. The van der Waals surface area contributed by atoms with E-state index in [9.17, 15) is 9.59 Å². The molecular weight excluding hydrogens is 420 g/mol. The Kier molecular flexibility index (Phi) is 6.72. The number of benzene rings is 2. The summed E-state index contributed by atoms with van der Waals surface area (Å²) in [5.41, 5.74) is 3.31. The van der Waals surface area contributed by atoms with E-state index in [2.05, 4.69) is 19.2 Å². The Morgan fingerprint density at radius 3 is 2.50 bits per heavy atom. The predicted molar refractivity (Wildman–Crippen MR) is 128 cm³/mol. The molecule has 1 aliphatic heterocycles. The van der Waals surface area contributed by atoms with Crippen molar-refractivity contribution in [1.29, 1.82) is 0 Å². The Labute approximate surface area is 193 Å². The van der Waals surface area contributed by atoms with Crippen LogP contribution < -0.4 is 5.32 Å². The molecule has 3 aromatic rings. The zero-order valence-electron chi connectivity index (χ0n) is 18.6. The lowest BCUT2D eigenvalue weighted by Gasteiger charge is -2.41. The van der Waals surface area contributed by atoms with Gasteiger partial charge in [0.15, 0.2) is 0 Å². The maximum atomic E-state index is 13.7. The highest BCUT2D eigenvalue weighted by molar-refractivity contribution is 7.10. The number of carbonyl (C=O) groups is 2. The lowest BCUT2D eigenvalue weighted by molar-refractivity contribution is -0.119. The minimum atomic E-state index is -0.524. The Bertz CT molecular complexity index is 1080. The van der Waals surface area contributed by atoms with Crippen LogP contribution in [0, 0.1) is 0 Å². The first-order valence-electron chi connectivity index (χ1n) is 10.8. The Balaban J connectivity index is 1.74. The maximum Gasteiger partial charge on any atom is 0.254 e. The number of thiophene rings is 1. The molecule has 1 aliphatic rings. The lowest BCUT2D eigenvalue weighted by Crippen LogP contribution is -2.47. The minimum absolute atomic E-state index is 0.0682. The zero-order chi connectivity index (χ0) is 22.7. The summed E-state index contributed by atoms with van der Waals surface area (Å²) in [5, 5.41) is 5.08. The molecule has 0 bridgehead atoms. The highest BCUT2D eigenvalue weighted by Crippen LogP contribution is 2.44. The van der Waals surface area contributed by atoms with Crippen molar-refractivity contribution < 1.29 is 14.3 Å². The first-order valence-corrected chi connectivity index (χ1v) is 11.7. The monoisotopic (exact) mass is 448 g/mol. The number of nitrogens with zero attached hydrogens (tertiary/aromatic N) is 1. The zero-order valence-corrected chi connectivity index (χ0v) is 19.4. The van der Waals surface area contributed by atoms with Gasteiger partial charge in [0, 0.05) is 29.8 Å². The number of carbonyl (C=O) groups excluding carboxylic acids is 2. The van der Waals surface area contributed by atoms with Gasteiger partial charge in [-0.3, -0.25) is 9.59 Å². The van der Waals surface area contributed by atoms with Crippen molar-refractivity contribution >= 4 is 28.8 Å². The number of methoxy groups -OCH3 is 1. The van der Waals surface area contributed by atoms with E-state index in [0.29, 0.717) is 24.6 Å². The Morgan fingerprint density at radius 2 is 1.84 bits per heavy atom. The molecule has 2 atom stereocenters. The van der Waals surface area contributed by atoms with Crippen LogP contribution in [-0.4, -0.2) is 37.0 Å². The Morgan fingerprint density at radius 1 is 1.09 bits per heavy atom. The second-order valence-corrected chi connectivity index (χ2v) is 9.26. The third-order valence-corrected chi connectivity index (χ3v) is 6.88. The molecule has 1 N–H and O–H groups in total. The van der Waals surface area contributed by atoms with E-state index in [1.807, 2.05) is 60.0 Å². The van der Waals surface area contributed by atoms with Crippen molar-refractivity contribution in [2.45, 2.75) is 31.7 Å². The molecular formula is C26H28N2O3S. The summed E-state index contributed by atoms with van der Waals surface area (Å²) < 4.78 is 5.28. The second kappa shape index (κ2) is 9.67. The van der Waals surface area contributed by atoms with Gasteiger partial charge < -0.3 is 15.0 Å². The molecule has 4 rings (SSSR count). The summed E-state index contributed by atoms with van der Waals surface area (Å²) >= 11 is 1.56. The quantitative estimate of drug-likeness (QED) is 0.524. The van der Waals surface area contributed by atoms with Gasteiger partial charge in [0.25, 0.3) is 5.91 Å². The predicted octanol–water partition coefficient (Wildman–Crippen LogP) is 5.44. The summed E-state index contributed by atoms with van der Waals surface area (Å²) in [7, 11) is 1.62. The first kappa shape index (κ1) is 22.2. The average molecular weight is 449 g/mol. The van der Waals surface area contributed by atoms with E-state index in [4.69, 9.17) is 4.74 Å². The molecule has 0 unspecified atom stereocenters. The first-order chi connectivity index (χ1) is 15.5. The van der Waals surface area contributed by atoms with Crippen LogP contribution in [0.5, 0.6) is 0 Å². The van der Waals surface area contributed by atoms with Crippen LogP contribution >= 0.6 is 11.3 Å². The summed E-state index contributed by atoms with van der Waals surface area (Å²) in [6.45, 7) is 5.10. The van der Waals surface area contributed by atoms with Crippen LogP contribution in [0.2, 0.25) is 0 Å². The number of hydrogen-bond donors (Lipinski definition) is 1. The van der Waals surface area contributed by atoms with E-state index >= 15 is 0 Å². The van der Waals surface area contributed by atoms with Crippen LogP contribution in [0.25, 0.3) is 0 Å². The van der Waals surface area contributed by atoms with Crippen LogP contribution in [0.15, 0.2) is 66.0 Å². The van der Waals surface area contributed by atoms with Crippen molar-refractivity contribution in [2.75, 3.05) is 25.6 Å². The molecule has 1 aromatic heterocycles. The van der Waals surface area contributed by atoms with Crippen molar-refractivity contribution in [3.8, 4) is 0 Å². The van der Waals surface area contributed by atoms with Crippen molar-refractivity contribution in [3.63, 3.8) is 0 Å². The van der Waals surface area contributed by atoms with Gasteiger partial charge in [0.1, 0.15) is 0 Å². The van der Waals surface area contributed by atoms with Gasteiger partial charge in [-0.15, -0.1) is 11.3 Å². The molecule has 0 spiro atoms. The van der Waals surface area contributed by atoms with Crippen LogP contribution in [0.4, 0.5) is 5.69 Å².